The minimum absolute atomic E-state index is 0. The van der Waals surface area contributed by atoms with Crippen LogP contribution in [0.3, 0.4) is 0 Å². The third kappa shape index (κ3) is 9.21. The Hall–Kier alpha value is -2.76. The molecule has 0 aliphatic rings. The standard InChI is InChI=1S/C27H32FN3O6.Na/c1-17(2)24-25(30-27(36)37-16-18-6-4-3-5-7-18)29-26(19-8-10-20(28)11-9-19)31(24)13-12-21(32)14-22(33)15-23(34)35;/h3-11,17,21-22,32-33H,12-16H2,1-2H3,(H,30,36)(H,34,35);/q;+1/p-1/t21-,22-;/m1./s1. The minimum Gasteiger partial charge on any atom is -0.550 e. The molecule has 0 radical (unpaired) electrons. The van der Waals surface area contributed by atoms with E-state index in [1.807, 2.05) is 48.7 Å². The Labute approximate surface area is 243 Å². The number of imidazole rings is 1. The van der Waals surface area contributed by atoms with Gasteiger partial charge in [-0.1, -0.05) is 44.2 Å². The average Bonchev–Trinajstić information content (AvgIpc) is 3.20. The fourth-order valence-electron chi connectivity index (χ4n) is 4.03. The largest absolute Gasteiger partial charge is 1.00 e. The number of anilines is 1. The number of aliphatic carboxylic acids is 1. The maximum atomic E-state index is 13.6. The summed E-state index contributed by atoms with van der Waals surface area (Å²) >= 11 is 0. The van der Waals surface area contributed by atoms with Gasteiger partial charge in [0.05, 0.1) is 17.9 Å². The van der Waals surface area contributed by atoms with Gasteiger partial charge in [-0.05, 0) is 48.6 Å². The van der Waals surface area contributed by atoms with Crippen LogP contribution in [0.2, 0.25) is 0 Å². The molecule has 1 heterocycles. The van der Waals surface area contributed by atoms with Crippen LogP contribution in [0.1, 0.15) is 50.3 Å². The van der Waals surface area contributed by atoms with Gasteiger partial charge in [0.1, 0.15) is 18.2 Å². The number of nitrogens with zero attached hydrogens (tertiary/aromatic N) is 2. The first-order valence-corrected chi connectivity index (χ1v) is 12.0. The van der Waals surface area contributed by atoms with Gasteiger partial charge < -0.3 is 29.4 Å². The molecule has 3 rings (SSSR count). The fraction of sp³-hybridized carbons (Fsp3) is 0.370. The number of carboxylic acids is 1. The number of aliphatic hydroxyl groups excluding tert-OH is 2. The summed E-state index contributed by atoms with van der Waals surface area (Å²) in [5.74, 6) is -1.19. The van der Waals surface area contributed by atoms with E-state index in [0.717, 1.165) is 5.56 Å². The first-order valence-electron chi connectivity index (χ1n) is 12.0. The second kappa shape index (κ2) is 15.0. The molecular weight excluding hydrogens is 504 g/mol. The van der Waals surface area contributed by atoms with Crippen LogP contribution in [-0.4, -0.2) is 44.0 Å². The van der Waals surface area contributed by atoms with Crippen molar-refractivity contribution in [1.82, 2.24) is 9.55 Å². The normalized spacial score (nSPS) is 12.5. The van der Waals surface area contributed by atoms with E-state index in [0.29, 0.717) is 17.1 Å². The molecule has 3 N–H and O–H groups in total. The molecule has 0 fully saturated rings. The van der Waals surface area contributed by atoms with E-state index in [1.165, 1.54) is 12.1 Å². The van der Waals surface area contributed by atoms with Gasteiger partial charge in [0, 0.05) is 24.5 Å². The van der Waals surface area contributed by atoms with Crippen LogP contribution in [0.15, 0.2) is 54.6 Å². The summed E-state index contributed by atoms with van der Waals surface area (Å²) in [5.41, 5.74) is 2.09. The Kier molecular flexibility index (Phi) is 12.4. The molecule has 198 valence electrons. The number of aromatic nitrogens is 2. The van der Waals surface area contributed by atoms with Crippen molar-refractivity contribution < 1.29 is 63.6 Å². The van der Waals surface area contributed by atoms with Gasteiger partial charge in [-0.25, -0.2) is 14.2 Å². The average molecular weight is 536 g/mol. The van der Waals surface area contributed by atoms with Crippen molar-refractivity contribution in [3.8, 4) is 11.4 Å². The third-order valence-corrected chi connectivity index (χ3v) is 5.72. The molecule has 0 spiro atoms. The van der Waals surface area contributed by atoms with E-state index in [-0.39, 0.29) is 67.3 Å². The molecule has 11 heteroatoms. The first kappa shape index (κ1) is 31.5. The summed E-state index contributed by atoms with van der Waals surface area (Å²) in [7, 11) is 0. The minimum atomic E-state index is -1.40. The predicted molar refractivity (Wildman–Crippen MR) is 133 cm³/mol. The molecular formula is C27H31FN3NaO6. The van der Waals surface area contributed by atoms with Gasteiger partial charge in [-0.3, -0.25) is 5.32 Å². The smallest absolute Gasteiger partial charge is 0.550 e. The number of rotatable bonds is 12. The molecule has 0 saturated heterocycles. The Morgan fingerprint density at radius 2 is 1.74 bits per heavy atom. The number of hydrogen-bond acceptors (Lipinski definition) is 7. The Morgan fingerprint density at radius 1 is 1.08 bits per heavy atom. The van der Waals surface area contributed by atoms with Crippen molar-refractivity contribution in [1.29, 1.82) is 0 Å². The van der Waals surface area contributed by atoms with E-state index < -0.39 is 36.5 Å². The first-order chi connectivity index (χ1) is 17.6. The van der Waals surface area contributed by atoms with Gasteiger partial charge in [0.25, 0.3) is 0 Å². The number of hydrogen-bond donors (Lipinski definition) is 3. The molecule has 0 aliphatic carbocycles. The zero-order valence-corrected chi connectivity index (χ0v) is 23.8. The molecule has 1 aromatic heterocycles. The summed E-state index contributed by atoms with van der Waals surface area (Å²) in [5, 5.41) is 33.6. The molecule has 1 amide bonds. The monoisotopic (exact) mass is 535 g/mol. The number of aliphatic hydroxyl groups is 2. The van der Waals surface area contributed by atoms with Crippen LogP contribution < -0.4 is 40.0 Å². The number of benzene rings is 2. The van der Waals surface area contributed by atoms with Crippen LogP contribution in [-0.2, 0) is 22.7 Å². The van der Waals surface area contributed by atoms with Gasteiger partial charge >= 0.3 is 35.7 Å². The molecule has 2 aromatic carbocycles. The number of carbonyl (C=O) groups is 2. The van der Waals surface area contributed by atoms with Gasteiger partial charge in [-0.2, -0.15) is 0 Å². The maximum Gasteiger partial charge on any atom is 1.00 e. The Bertz CT molecular complexity index is 1190. The van der Waals surface area contributed by atoms with Gasteiger partial charge in [-0.15, -0.1) is 0 Å². The van der Waals surface area contributed by atoms with Gasteiger partial charge in [0.15, 0.2) is 5.82 Å². The quantitative estimate of drug-likeness (QED) is 0.282. The number of carbonyl (C=O) groups excluding carboxylic acids is 2. The molecule has 0 aliphatic heterocycles. The molecule has 38 heavy (non-hydrogen) atoms. The second-order valence-electron chi connectivity index (χ2n) is 9.08. The van der Waals surface area contributed by atoms with Crippen LogP contribution >= 0.6 is 0 Å². The summed E-state index contributed by atoms with van der Waals surface area (Å²) in [4.78, 5) is 27.9. The van der Waals surface area contributed by atoms with Crippen molar-refractivity contribution in [2.24, 2.45) is 0 Å². The van der Waals surface area contributed by atoms with E-state index in [4.69, 9.17) is 4.74 Å². The Balaban J connectivity index is 0.00000507. The number of amides is 1. The van der Waals surface area contributed by atoms with Crippen LogP contribution in [0.5, 0.6) is 0 Å². The zero-order valence-electron chi connectivity index (χ0n) is 21.8. The molecule has 3 aromatic rings. The zero-order chi connectivity index (χ0) is 26.9. The van der Waals surface area contributed by atoms with Gasteiger partial charge in [0.2, 0.25) is 0 Å². The van der Waals surface area contributed by atoms with Crippen molar-refractivity contribution in [3.05, 3.63) is 71.7 Å². The second-order valence-corrected chi connectivity index (χ2v) is 9.08. The van der Waals surface area contributed by atoms with Crippen molar-refractivity contribution in [3.63, 3.8) is 0 Å². The number of halogens is 1. The maximum absolute atomic E-state index is 13.6. The van der Waals surface area contributed by atoms with Crippen molar-refractivity contribution >= 4 is 17.9 Å². The van der Waals surface area contributed by atoms with Crippen LogP contribution in [0.25, 0.3) is 11.4 Å². The van der Waals surface area contributed by atoms with E-state index in [9.17, 15) is 29.3 Å². The molecule has 0 saturated carbocycles. The molecule has 0 bridgehead atoms. The number of nitrogens with one attached hydrogen (secondary N) is 1. The number of carboxylic acid groups (broad SMARTS) is 1. The number of ether oxygens (including phenoxy) is 1. The SMILES string of the molecule is CC(C)c1c(NC(=O)OCc2ccccc2)nc(-c2ccc(F)cc2)n1CC[C@@H](O)C[C@@H](O)CC(=O)[O-].[Na+]. The summed E-state index contributed by atoms with van der Waals surface area (Å²) in [6.07, 6.45) is -3.45. The summed E-state index contributed by atoms with van der Waals surface area (Å²) in [6, 6.07) is 15.0. The molecule has 2 atom stereocenters. The van der Waals surface area contributed by atoms with Crippen LogP contribution in [0.4, 0.5) is 15.0 Å². The van der Waals surface area contributed by atoms with E-state index in [2.05, 4.69) is 10.3 Å². The van der Waals surface area contributed by atoms with E-state index in [1.54, 1.807) is 12.1 Å². The molecule has 9 nitrogen and oxygen atoms in total. The summed E-state index contributed by atoms with van der Waals surface area (Å²) < 4.78 is 20.7. The predicted octanol–water partition coefficient (Wildman–Crippen LogP) is 0.207. The Morgan fingerprint density at radius 3 is 2.34 bits per heavy atom. The van der Waals surface area contributed by atoms with Crippen molar-refractivity contribution in [2.45, 2.75) is 64.4 Å². The van der Waals surface area contributed by atoms with Crippen LogP contribution in [0, 0.1) is 5.82 Å². The fourth-order valence-corrected chi connectivity index (χ4v) is 4.03. The molecule has 0 unspecified atom stereocenters. The van der Waals surface area contributed by atoms with E-state index >= 15 is 0 Å². The van der Waals surface area contributed by atoms with Crippen molar-refractivity contribution in [2.75, 3.05) is 5.32 Å². The topological polar surface area (TPSA) is 137 Å². The third-order valence-electron chi connectivity index (χ3n) is 5.72. The summed E-state index contributed by atoms with van der Waals surface area (Å²) in [6.45, 7) is 4.16.